The van der Waals surface area contributed by atoms with Crippen LogP contribution in [-0.2, 0) is 10.5 Å². The molecule has 0 spiro atoms. The zero-order valence-electron chi connectivity index (χ0n) is 11.9. The minimum atomic E-state index is -1.51. The van der Waals surface area contributed by atoms with Crippen molar-refractivity contribution >= 4 is 5.78 Å². The molecule has 0 fully saturated rings. The minimum Gasteiger partial charge on any atom is -0.454 e. The monoisotopic (exact) mass is 284 g/mol. The summed E-state index contributed by atoms with van der Waals surface area (Å²) >= 11 is 0. The number of methoxy groups -OCH3 is 1. The van der Waals surface area contributed by atoms with Gasteiger partial charge in [0.2, 0.25) is 5.78 Å². The maximum atomic E-state index is 12.5. The molecular weight excluding hydrogens is 268 g/mol. The van der Waals surface area contributed by atoms with Crippen molar-refractivity contribution < 1.29 is 19.4 Å². The van der Waals surface area contributed by atoms with E-state index >= 15 is 0 Å². The number of ether oxygens (including phenoxy) is 2. The van der Waals surface area contributed by atoms with Crippen LogP contribution in [0.1, 0.15) is 21.5 Å². The van der Waals surface area contributed by atoms with Crippen molar-refractivity contribution in [1.29, 1.82) is 0 Å². The van der Waals surface area contributed by atoms with E-state index in [4.69, 9.17) is 9.47 Å². The first-order chi connectivity index (χ1) is 10.1. The number of hydrogen-bond donors (Lipinski definition) is 1. The zero-order chi connectivity index (χ0) is 15.0. The van der Waals surface area contributed by atoms with E-state index in [0.717, 1.165) is 5.56 Å². The molecule has 0 saturated heterocycles. The van der Waals surface area contributed by atoms with E-state index in [1.807, 2.05) is 19.1 Å². The second-order valence-electron chi connectivity index (χ2n) is 5.11. The van der Waals surface area contributed by atoms with Gasteiger partial charge in [0.15, 0.2) is 6.10 Å². The third kappa shape index (κ3) is 2.04. The fourth-order valence-electron chi connectivity index (χ4n) is 2.62. The number of carbonyl (C=O) groups is 1. The number of aliphatic hydroxyl groups excluding tert-OH is 1. The number of ketones is 1. The second kappa shape index (κ2) is 4.98. The molecule has 0 aromatic heterocycles. The van der Waals surface area contributed by atoms with Crippen molar-refractivity contribution in [3.8, 4) is 5.75 Å². The van der Waals surface area contributed by atoms with Crippen LogP contribution in [0.4, 0.5) is 0 Å². The van der Waals surface area contributed by atoms with E-state index in [-0.39, 0.29) is 0 Å². The normalized spacial score (nSPS) is 24.3. The van der Waals surface area contributed by atoms with Gasteiger partial charge in [-0.3, -0.25) is 4.79 Å². The van der Waals surface area contributed by atoms with Crippen LogP contribution < -0.4 is 4.74 Å². The lowest BCUT2D eigenvalue weighted by Gasteiger charge is -2.40. The van der Waals surface area contributed by atoms with Crippen LogP contribution in [0.25, 0.3) is 0 Å². The molecule has 1 aliphatic heterocycles. The molecule has 2 aromatic carbocycles. The van der Waals surface area contributed by atoms with Crippen molar-refractivity contribution in [2.24, 2.45) is 0 Å². The molecule has 1 aliphatic rings. The molecule has 2 aromatic rings. The predicted octanol–water partition coefficient (Wildman–Crippen LogP) is 2.43. The van der Waals surface area contributed by atoms with Crippen LogP contribution in [0.5, 0.6) is 5.75 Å². The molecule has 0 saturated carbocycles. The Morgan fingerprint density at radius 3 is 2.57 bits per heavy atom. The van der Waals surface area contributed by atoms with Gasteiger partial charge in [0, 0.05) is 12.7 Å². The lowest BCUT2D eigenvalue weighted by molar-refractivity contribution is -0.223. The smallest absolute Gasteiger partial charge is 0.270 e. The molecule has 4 heteroatoms. The molecule has 1 heterocycles. The highest BCUT2D eigenvalue weighted by atomic mass is 16.7. The fraction of sp³-hybridized carbons (Fsp3) is 0.235. The van der Waals surface area contributed by atoms with Crippen molar-refractivity contribution in [3.05, 3.63) is 65.2 Å². The van der Waals surface area contributed by atoms with Gasteiger partial charge in [-0.15, -0.1) is 0 Å². The van der Waals surface area contributed by atoms with Crippen molar-refractivity contribution in [1.82, 2.24) is 0 Å². The third-order valence-electron chi connectivity index (χ3n) is 3.75. The second-order valence-corrected chi connectivity index (χ2v) is 5.11. The van der Waals surface area contributed by atoms with E-state index in [0.29, 0.717) is 16.9 Å². The summed E-state index contributed by atoms with van der Waals surface area (Å²) in [5, 5.41) is 10.5. The van der Waals surface area contributed by atoms with Gasteiger partial charge >= 0.3 is 0 Å². The first-order valence-electron chi connectivity index (χ1n) is 6.71. The number of carbonyl (C=O) groups excluding carboxylic acids is 1. The summed E-state index contributed by atoms with van der Waals surface area (Å²) in [6.45, 7) is 1.88. The fourth-order valence-corrected chi connectivity index (χ4v) is 2.62. The summed E-state index contributed by atoms with van der Waals surface area (Å²) in [5.41, 5.74) is 1.91. The lowest BCUT2D eigenvalue weighted by atomic mass is 9.89. The number of hydrogen-bond acceptors (Lipinski definition) is 4. The molecule has 2 unspecified atom stereocenters. The average molecular weight is 284 g/mol. The predicted molar refractivity (Wildman–Crippen MR) is 77.3 cm³/mol. The molecule has 21 heavy (non-hydrogen) atoms. The van der Waals surface area contributed by atoms with Crippen molar-refractivity contribution in [3.63, 3.8) is 0 Å². The van der Waals surface area contributed by atoms with Gasteiger partial charge in [-0.05, 0) is 19.1 Å². The van der Waals surface area contributed by atoms with Gasteiger partial charge in [-0.2, -0.15) is 0 Å². The van der Waals surface area contributed by atoms with Gasteiger partial charge in [0.1, 0.15) is 5.75 Å². The van der Waals surface area contributed by atoms with Crippen LogP contribution in [-0.4, -0.2) is 24.1 Å². The molecule has 2 atom stereocenters. The molecule has 0 radical (unpaired) electrons. The number of Topliss-reactive ketones (excluding diaryl/α,β-unsaturated/α-hetero) is 1. The van der Waals surface area contributed by atoms with E-state index in [1.54, 1.807) is 36.4 Å². The molecule has 1 N–H and O–H groups in total. The summed E-state index contributed by atoms with van der Waals surface area (Å²) in [6, 6.07) is 14.3. The molecule has 108 valence electrons. The molecule has 0 bridgehead atoms. The Kier molecular flexibility index (Phi) is 3.27. The van der Waals surface area contributed by atoms with E-state index in [2.05, 4.69) is 0 Å². The molecule has 3 rings (SSSR count). The maximum absolute atomic E-state index is 12.5. The Labute approximate surface area is 122 Å². The number of aryl methyl sites for hydroxylation is 1. The van der Waals surface area contributed by atoms with E-state index in [9.17, 15) is 9.90 Å². The highest BCUT2D eigenvalue weighted by Gasteiger charge is 2.51. The summed E-state index contributed by atoms with van der Waals surface area (Å²) in [7, 11) is 1.42. The van der Waals surface area contributed by atoms with Gasteiger partial charge in [-0.25, -0.2) is 0 Å². The SMILES string of the molecule is COC1(c2ccccc2)Oc2ccc(C)cc2C(=O)C1O. The van der Waals surface area contributed by atoms with Crippen LogP contribution in [0.3, 0.4) is 0 Å². The number of fused-ring (bicyclic) bond motifs is 1. The quantitative estimate of drug-likeness (QED) is 0.920. The first kappa shape index (κ1) is 13.8. The van der Waals surface area contributed by atoms with Gasteiger partial charge in [-0.1, -0.05) is 42.0 Å². The first-order valence-corrected chi connectivity index (χ1v) is 6.71. The van der Waals surface area contributed by atoms with Crippen molar-refractivity contribution in [2.75, 3.05) is 7.11 Å². The van der Waals surface area contributed by atoms with Gasteiger partial charge in [0.05, 0.1) is 5.56 Å². The molecule has 0 amide bonds. The minimum absolute atomic E-state index is 0.381. The largest absolute Gasteiger partial charge is 0.454 e. The standard InChI is InChI=1S/C17H16O4/c1-11-8-9-14-13(10-11)15(18)16(19)17(20-2,21-14)12-6-4-3-5-7-12/h3-10,16,19H,1-2H3. The topological polar surface area (TPSA) is 55.8 Å². The van der Waals surface area contributed by atoms with E-state index < -0.39 is 17.7 Å². The van der Waals surface area contributed by atoms with Crippen LogP contribution in [0.15, 0.2) is 48.5 Å². The summed E-state index contributed by atoms with van der Waals surface area (Å²) in [5.74, 6) is -1.49. The Balaban J connectivity index is 2.16. The molecule has 4 nitrogen and oxygen atoms in total. The Morgan fingerprint density at radius 2 is 1.90 bits per heavy atom. The maximum Gasteiger partial charge on any atom is 0.270 e. The third-order valence-corrected chi connectivity index (χ3v) is 3.75. The number of benzene rings is 2. The summed E-state index contributed by atoms with van der Waals surface area (Å²) < 4.78 is 11.3. The Bertz CT molecular complexity index is 680. The van der Waals surface area contributed by atoms with Crippen LogP contribution in [0.2, 0.25) is 0 Å². The molecule has 0 aliphatic carbocycles. The Hall–Kier alpha value is -2.17. The summed E-state index contributed by atoms with van der Waals surface area (Å²) in [4.78, 5) is 12.5. The molecular formula is C17H16O4. The highest BCUT2D eigenvalue weighted by molar-refractivity contribution is 6.03. The van der Waals surface area contributed by atoms with E-state index in [1.165, 1.54) is 7.11 Å². The number of aliphatic hydroxyl groups is 1. The van der Waals surface area contributed by atoms with Crippen molar-refractivity contribution in [2.45, 2.75) is 18.8 Å². The van der Waals surface area contributed by atoms with Gasteiger partial charge < -0.3 is 14.6 Å². The van der Waals surface area contributed by atoms with Gasteiger partial charge in [0.25, 0.3) is 5.79 Å². The lowest BCUT2D eigenvalue weighted by Crippen LogP contribution is -2.53. The average Bonchev–Trinajstić information content (AvgIpc) is 2.52. The van der Waals surface area contributed by atoms with Crippen LogP contribution in [0, 0.1) is 6.92 Å². The highest BCUT2D eigenvalue weighted by Crippen LogP contribution is 2.40. The summed E-state index contributed by atoms with van der Waals surface area (Å²) in [6.07, 6.45) is -1.42. The van der Waals surface area contributed by atoms with Crippen LogP contribution >= 0.6 is 0 Å². The zero-order valence-corrected chi connectivity index (χ0v) is 11.9. The Morgan fingerprint density at radius 1 is 1.19 bits per heavy atom. The number of rotatable bonds is 2.